The molecule has 656 valence electrons. The highest BCUT2D eigenvalue weighted by Gasteiger charge is 2.55. The van der Waals surface area contributed by atoms with Crippen molar-refractivity contribution >= 4 is 192 Å². The first kappa shape index (κ1) is 80.5. The van der Waals surface area contributed by atoms with E-state index in [2.05, 4.69) is 496 Å². The number of hydrogen-bond acceptors (Lipinski definition) is 7. The van der Waals surface area contributed by atoms with Crippen molar-refractivity contribution in [2.24, 2.45) is 0 Å². The summed E-state index contributed by atoms with van der Waals surface area (Å²) in [6.07, 6.45) is 0. The first-order valence-corrected chi connectivity index (χ1v) is 50.0. The van der Waals surface area contributed by atoms with Gasteiger partial charge in [0.25, 0.3) is 0 Å². The molecular formula is C128H91B6N7. The summed E-state index contributed by atoms with van der Waals surface area (Å²) in [5, 5.41) is 0. The average Bonchev–Trinajstić information content (AvgIpc) is 0.682. The van der Waals surface area contributed by atoms with E-state index in [-0.39, 0.29) is 41.1 Å². The Labute approximate surface area is 826 Å². The number of nitrogens with zero attached hydrogens (tertiary/aromatic N) is 7. The van der Waals surface area contributed by atoms with Gasteiger partial charge in [-0.15, -0.1) is 0 Å². The third-order valence-electron chi connectivity index (χ3n) is 32.7. The number of rotatable bonds is 3. The van der Waals surface area contributed by atoms with Gasteiger partial charge in [-0.3, -0.25) is 0 Å². The third kappa shape index (κ3) is 11.3. The molecular weight excluding hydrogens is 1700 g/mol. The molecule has 0 unspecified atom stereocenters. The van der Waals surface area contributed by atoms with Crippen molar-refractivity contribution in [3.63, 3.8) is 0 Å². The van der Waals surface area contributed by atoms with Crippen LogP contribution in [0.4, 0.5) is 85.3 Å². The molecule has 0 radical (unpaired) electrons. The number of anilines is 15. The highest BCUT2D eigenvalue weighted by molar-refractivity contribution is 7.00. The SMILES string of the molecule is Cc1ccc2c(c1)-c1cc(C)ccc1N1B2c2cccc3c2-c2c1cccc2N1B3c2ccc(N(c3ccccc3)c3ccccc3)cc2-c2cc(C)ccc21.Cc1ccc2c(c1)-c1ccccc1N1B2c2cccc3c2-c2c1cccc2N1B3c2ccc(C)cc2-c2cc(C)ccc21.Cc1ccc2c(c1)-c1ccccc1N1B2c2cccc3c2-c2c1cccc2N1B3c2ccccc2-c2cc(C)ccc21. The average molecular weight is 1790 g/mol. The molecule has 32 rings (SSSR count). The topological polar surface area (TPSA) is 22.7 Å². The molecule has 0 aromatic heterocycles. The first-order chi connectivity index (χ1) is 69.3. The van der Waals surface area contributed by atoms with Crippen molar-refractivity contribution < 1.29 is 0 Å². The highest BCUT2D eigenvalue weighted by atomic mass is 15.2. The lowest BCUT2D eigenvalue weighted by molar-refractivity contribution is 1.27. The van der Waals surface area contributed by atoms with Gasteiger partial charge in [-0.05, 0) is 304 Å². The monoisotopic (exact) mass is 1790 g/mol. The second-order valence-corrected chi connectivity index (χ2v) is 40.9. The molecule has 7 nitrogen and oxygen atoms in total. The first-order valence-electron chi connectivity index (χ1n) is 50.0. The normalized spacial score (nSPS) is 13.9. The zero-order valence-corrected chi connectivity index (χ0v) is 79.8. The van der Waals surface area contributed by atoms with Gasteiger partial charge in [-0.25, -0.2) is 0 Å². The zero-order valence-electron chi connectivity index (χ0n) is 79.8. The van der Waals surface area contributed by atoms with E-state index in [1.54, 1.807) is 0 Å². The molecule has 0 bridgehead atoms. The summed E-state index contributed by atoms with van der Waals surface area (Å²) < 4.78 is 0. The molecule has 13 heteroatoms. The van der Waals surface area contributed by atoms with Crippen LogP contribution in [0.1, 0.15) is 44.5 Å². The van der Waals surface area contributed by atoms with Crippen LogP contribution in [0.3, 0.4) is 0 Å². The zero-order chi connectivity index (χ0) is 93.5. The largest absolute Gasteiger partial charge is 0.376 e. The van der Waals surface area contributed by atoms with Crippen LogP contribution in [0.2, 0.25) is 0 Å². The fourth-order valence-electron chi connectivity index (χ4n) is 27.1. The summed E-state index contributed by atoms with van der Waals surface area (Å²) >= 11 is 0. The maximum Gasteiger partial charge on any atom is 0.329 e. The third-order valence-corrected chi connectivity index (χ3v) is 32.7. The highest BCUT2D eigenvalue weighted by Crippen LogP contribution is 2.60. The minimum atomic E-state index is 0.0106. The second-order valence-electron chi connectivity index (χ2n) is 40.9. The van der Waals surface area contributed by atoms with Crippen molar-refractivity contribution in [1.29, 1.82) is 0 Å². The summed E-state index contributed by atoms with van der Waals surface area (Å²) in [4.78, 5) is 18.2. The smallest absolute Gasteiger partial charge is 0.329 e. The molecule has 0 fully saturated rings. The lowest BCUT2D eigenvalue weighted by Crippen LogP contribution is -2.65. The van der Waals surface area contributed by atoms with Gasteiger partial charge in [-0.1, -0.05) is 317 Å². The predicted molar refractivity (Wildman–Crippen MR) is 602 cm³/mol. The summed E-state index contributed by atoms with van der Waals surface area (Å²) in [7, 11) is 0. The van der Waals surface area contributed by atoms with Crippen molar-refractivity contribution in [2.75, 3.05) is 33.8 Å². The van der Waals surface area contributed by atoms with Crippen LogP contribution in [0.15, 0.2) is 406 Å². The lowest BCUT2D eigenvalue weighted by atomic mass is 9.37. The van der Waals surface area contributed by atoms with Crippen molar-refractivity contribution in [3.05, 3.63) is 451 Å². The fourth-order valence-corrected chi connectivity index (χ4v) is 27.1. The summed E-state index contributed by atoms with van der Waals surface area (Å²) in [5.74, 6) is 0. The van der Waals surface area contributed by atoms with Gasteiger partial charge in [0.2, 0.25) is 0 Å². The van der Waals surface area contributed by atoms with Crippen LogP contribution in [0, 0.1) is 55.4 Å². The van der Waals surface area contributed by atoms with E-state index >= 15 is 0 Å². The lowest BCUT2D eigenvalue weighted by Gasteiger charge is -2.50. The molecule has 12 heterocycles. The maximum absolute atomic E-state index is 2.64. The van der Waals surface area contributed by atoms with Gasteiger partial charge < -0.3 is 33.8 Å². The van der Waals surface area contributed by atoms with Gasteiger partial charge in [0.1, 0.15) is 0 Å². The van der Waals surface area contributed by atoms with Crippen LogP contribution in [0.5, 0.6) is 0 Å². The van der Waals surface area contributed by atoms with E-state index in [1.807, 2.05) is 0 Å². The minimum absolute atomic E-state index is 0.0106. The molecule has 12 aliphatic heterocycles. The van der Waals surface area contributed by atoms with Crippen LogP contribution in [-0.2, 0) is 0 Å². The Kier molecular flexibility index (Phi) is 17.1. The number of fused-ring (bicyclic) bond motifs is 48. The van der Waals surface area contributed by atoms with Crippen LogP contribution >= 0.6 is 0 Å². The van der Waals surface area contributed by atoms with E-state index in [9.17, 15) is 0 Å². The molecule has 0 saturated heterocycles. The molecule has 0 atom stereocenters. The van der Waals surface area contributed by atoms with Crippen molar-refractivity contribution in [3.8, 4) is 100 Å². The molecule has 0 spiro atoms. The standard InChI is InChI=1S/C51H37B2N3.C39H28B2N2.C38H26B2N2/c1-32-20-24-42-38(28-32)40-29-33(2)21-26-46(40)55-48-18-11-19-49-51(48)50-44(52(42)55)16-10-17-45(50)53-43-25-23-37(31-39(43)41-30-34(3)22-27-47(41)56(49)53)54(35-12-6-4-7-13-35)36-14-8-5-9-15-36;1-23-14-17-30-27(20-23)26-8-4-5-11-34(26)42-36-12-7-13-37-39(36)38-32(40(30)42)9-6-10-33(38)41-31-18-15-24(2)21-28(31)29-22-25(3)16-19-35(29)43(37)41;1-23-17-19-30-27(21-23)26-10-4-6-14-33(26)41-35-15-8-16-36-38(35)37-31(12-7-13-32(37)40(30)41)39-29-11-5-3-9-25(29)28-22-24(2)18-20-34(28)42(36)39/h4-31H,1-3H3;4-22H,1-3H3;3-22H,1-2H3. The van der Waals surface area contributed by atoms with E-state index in [4.69, 9.17) is 0 Å². The Morgan fingerprint density at radius 1 is 0.135 bits per heavy atom. The Bertz CT molecular complexity index is 8740. The summed E-state index contributed by atoms with van der Waals surface area (Å²) in [5.41, 5.74) is 69.9. The van der Waals surface area contributed by atoms with Gasteiger partial charge in [-0.2, -0.15) is 0 Å². The van der Waals surface area contributed by atoms with Gasteiger partial charge in [0.05, 0.1) is 0 Å². The molecule has 0 aliphatic carbocycles. The van der Waals surface area contributed by atoms with Crippen molar-refractivity contribution in [2.45, 2.75) is 55.4 Å². The predicted octanol–water partition coefficient (Wildman–Crippen LogP) is 23.4. The van der Waals surface area contributed by atoms with Crippen molar-refractivity contribution in [1.82, 2.24) is 0 Å². The Hall–Kier alpha value is -16.6. The van der Waals surface area contributed by atoms with Crippen LogP contribution < -0.4 is 99.3 Å². The van der Waals surface area contributed by atoms with Crippen LogP contribution in [0.25, 0.3) is 100 Å². The molecule has 0 saturated carbocycles. The second kappa shape index (κ2) is 30.0. The molecule has 20 aromatic rings. The summed E-state index contributed by atoms with van der Waals surface area (Å²) in [6.45, 7) is 18.2. The molecule has 141 heavy (non-hydrogen) atoms. The summed E-state index contributed by atoms with van der Waals surface area (Å²) in [6, 6.07) is 154. The van der Waals surface area contributed by atoms with Gasteiger partial charge in [0.15, 0.2) is 0 Å². The number of aryl methyl sites for hydroxylation is 8. The number of hydrogen-bond donors (Lipinski definition) is 0. The van der Waals surface area contributed by atoms with E-state index < -0.39 is 0 Å². The van der Waals surface area contributed by atoms with Crippen LogP contribution in [-0.4, -0.2) is 41.1 Å². The van der Waals surface area contributed by atoms with Gasteiger partial charge >= 0.3 is 41.1 Å². The molecule has 0 amide bonds. The maximum atomic E-state index is 2.64. The Morgan fingerprint density at radius 3 is 0.652 bits per heavy atom. The van der Waals surface area contributed by atoms with E-state index in [0.29, 0.717) is 0 Å². The molecule has 0 N–H and O–H groups in total. The minimum Gasteiger partial charge on any atom is -0.376 e. The Balaban J connectivity index is 0.000000101. The number of para-hydroxylation sites is 4. The van der Waals surface area contributed by atoms with Gasteiger partial charge in [0, 0.05) is 135 Å². The van der Waals surface area contributed by atoms with E-state index in [0.717, 1.165) is 17.1 Å². The molecule has 12 aliphatic rings. The quantitative estimate of drug-likeness (QED) is 0.162. The fraction of sp³-hybridized carbons (Fsp3) is 0.0625. The number of benzene rings is 20. The van der Waals surface area contributed by atoms with E-state index in [1.165, 1.54) is 278 Å². The Morgan fingerprint density at radius 2 is 0.340 bits per heavy atom. The molecule has 20 aromatic carbocycles.